The lowest BCUT2D eigenvalue weighted by atomic mass is 10.0. The fourth-order valence-corrected chi connectivity index (χ4v) is 2.17. The Kier molecular flexibility index (Phi) is 5.15. The summed E-state index contributed by atoms with van der Waals surface area (Å²) >= 11 is 5.89. The summed E-state index contributed by atoms with van der Waals surface area (Å²) in [6.07, 6.45) is 2.35. The second kappa shape index (κ2) is 6.86. The Labute approximate surface area is 118 Å². The van der Waals surface area contributed by atoms with Crippen LogP contribution in [-0.4, -0.2) is 40.8 Å². The zero-order chi connectivity index (χ0) is 13.7. The van der Waals surface area contributed by atoms with Gasteiger partial charge in [0.2, 0.25) is 17.2 Å². The number of ether oxygens (including phenoxy) is 1. The third-order valence-corrected chi connectivity index (χ3v) is 3.37. The molecule has 2 rings (SSSR count). The van der Waals surface area contributed by atoms with Crippen LogP contribution in [0.4, 0.5) is 11.9 Å². The highest BCUT2D eigenvalue weighted by atomic mass is 35.5. The van der Waals surface area contributed by atoms with Gasteiger partial charge in [-0.3, -0.25) is 0 Å². The molecule has 1 aromatic heterocycles. The molecule has 1 fully saturated rings. The van der Waals surface area contributed by atoms with Crippen molar-refractivity contribution in [3.8, 4) is 0 Å². The zero-order valence-electron chi connectivity index (χ0n) is 11.3. The SMILES string of the molecule is CCCNc1nc(Cl)nc(NCC2CCOC2C)n1. The first-order valence-electron chi connectivity index (χ1n) is 6.70. The van der Waals surface area contributed by atoms with Gasteiger partial charge < -0.3 is 15.4 Å². The maximum Gasteiger partial charge on any atom is 0.228 e. The van der Waals surface area contributed by atoms with E-state index in [2.05, 4.69) is 39.4 Å². The van der Waals surface area contributed by atoms with Gasteiger partial charge in [0.25, 0.3) is 0 Å². The molecule has 6 nitrogen and oxygen atoms in total. The Balaban J connectivity index is 1.93. The predicted octanol–water partition coefficient (Wildman–Crippen LogP) is 2.18. The van der Waals surface area contributed by atoms with E-state index < -0.39 is 0 Å². The third kappa shape index (κ3) is 4.18. The molecule has 0 spiro atoms. The lowest BCUT2D eigenvalue weighted by molar-refractivity contribution is 0.108. The molecule has 2 N–H and O–H groups in total. The Morgan fingerprint density at radius 3 is 2.63 bits per heavy atom. The fourth-order valence-electron chi connectivity index (χ4n) is 2.01. The van der Waals surface area contributed by atoms with Gasteiger partial charge in [-0.25, -0.2) is 0 Å². The molecule has 19 heavy (non-hydrogen) atoms. The van der Waals surface area contributed by atoms with Gasteiger partial charge in [0.1, 0.15) is 0 Å². The molecule has 7 heteroatoms. The molecular formula is C12H20ClN5O. The summed E-state index contributed by atoms with van der Waals surface area (Å²) in [4.78, 5) is 12.4. The van der Waals surface area contributed by atoms with Crippen LogP contribution in [0.1, 0.15) is 26.7 Å². The summed E-state index contributed by atoms with van der Waals surface area (Å²) in [7, 11) is 0. The van der Waals surface area contributed by atoms with Crippen molar-refractivity contribution in [3.63, 3.8) is 0 Å². The van der Waals surface area contributed by atoms with Crippen molar-refractivity contribution in [3.05, 3.63) is 5.28 Å². The summed E-state index contributed by atoms with van der Waals surface area (Å²) in [5, 5.41) is 6.51. The molecule has 1 aliphatic heterocycles. The molecule has 0 aromatic carbocycles. The van der Waals surface area contributed by atoms with Crippen molar-refractivity contribution in [1.82, 2.24) is 15.0 Å². The van der Waals surface area contributed by atoms with Crippen LogP contribution in [0.15, 0.2) is 0 Å². The summed E-state index contributed by atoms with van der Waals surface area (Å²) in [5.74, 6) is 1.51. The van der Waals surface area contributed by atoms with Crippen molar-refractivity contribution in [2.75, 3.05) is 30.3 Å². The minimum absolute atomic E-state index is 0.201. The van der Waals surface area contributed by atoms with E-state index in [1.54, 1.807) is 0 Å². The van der Waals surface area contributed by atoms with Crippen LogP contribution in [0.25, 0.3) is 0 Å². The lowest BCUT2D eigenvalue weighted by Crippen LogP contribution is -2.22. The largest absolute Gasteiger partial charge is 0.378 e. The quantitative estimate of drug-likeness (QED) is 0.835. The van der Waals surface area contributed by atoms with E-state index in [4.69, 9.17) is 16.3 Å². The van der Waals surface area contributed by atoms with Crippen LogP contribution in [-0.2, 0) is 4.74 Å². The van der Waals surface area contributed by atoms with Gasteiger partial charge in [-0.15, -0.1) is 0 Å². The number of rotatable bonds is 6. The van der Waals surface area contributed by atoms with Crippen LogP contribution >= 0.6 is 11.6 Å². The molecule has 1 saturated heterocycles. The van der Waals surface area contributed by atoms with E-state index in [0.29, 0.717) is 17.8 Å². The van der Waals surface area contributed by atoms with Crippen LogP contribution in [0, 0.1) is 5.92 Å². The van der Waals surface area contributed by atoms with E-state index in [9.17, 15) is 0 Å². The van der Waals surface area contributed by atoms with Gasteiger partial charge in [-0.2, -0.15) is 15.0 Å². The van der Waals surface area contributed by atoms with E-state index in [0.717, 1.165) is 32.5 Å². The monoisotopic (exact) mass is 285 g/mol. The molecule has 0 aliphatic carbocycles. The first-order chi connectivity index (χ1) is 9.19. The molecule has 2 atom stereocenters. The maximum atomic E-state index is 5.89. The number of hydrogen-bond donors (Lipinski definition) is 2. The molecule has 0 radical (unpaired) electrons. The molecule has 2 heterocycles. The molecule has 1 aromatic rings. The molecule has 0 amide bonds. The number of hydrogen-bond acceptors (Lipinski definition) is 6. The van der Waals surface area contributed by atoms with Crippen LogP contribution in [0.2, 0.25) is 5.28 Å². The first kappa shape index (κ1) is 14.3. The van der Waals surface area contributed by atoms with Gasteiger partial charge in [0.15, 0.2) is 0 Å². The number of aromatic nitrogens is 3. The highest BCUT2D eigenvalue weighted by Gasteiger charge is 2.24. The lowest BCUT2D eigenvalue weighted by Gasteiger charge is -2.15. The molecule has 106 valence electrons. The number of nitrogens with one attached hydrogen (secondary N) is 2. The van der Waals surface area contributed by atoms with Crippen molar-refractivity contribution in [2.45, 2.75) is 32.8 Å². The van der Waals surface area contributed by atoms with Crippen LogP contribution < -0.4 is 10.6 Å². The standard InChI is InChI=1S/C12H20ClN5O/c1-3-5-14-11-16-10(13)17-12(18-11)15-7-9-4-6-19-8(9)2/h8-9H,3-7H2,1-2H3,(H2,14,15,16,17,18). The average Bonchev–Trinajstić information content (AvgIpc) is 2.79. The van der Waals surface area contributed by atoms with Crippen molar-refractivity contribution < 1.29 is 4.74 Å². The van der Waals surface area contributed by atoms with E-state index >= 15 is 0 Å². The third-order valence-electron chi connectivity index (χ3n) is 3.20. The summed E-state index contributed by atoms with van der Waals surface area (Å²) in [6, 6.07) is 0. The topological polar surface area (TPSA) is 72.0 Å². The predicted molar refractivity (Wildman–Crippen MR) is 75.6 cm³/mol. The van der Waals surface area contributed by atoms with E-state index in [1.165, 1.54) is 0 Å². The summed E-state index contributed by atoms with van der Waals surface area (Å²) in [5.41, 5.74) is 0. The first-order valence-corrected chi connectivity index (χ1v) is 7.07. The Morgan fingerprint density at radius 2 is 2.00 bits per heavy atom. The highest BCUT2D eigenvalue weighted by molar-refractivity contribution is 6.28. The smallest absolute Gasteiger partial charge is 0.228 e. The van der Waals surface area contributed by atoms with Gasteiger partial charge in [0, 0.05) is 25.6 Å². The molecular weight excluding hydrogens is 266 g/mol. The minimum atomic E-state index is 0.201. The normalized spacial score (nSPS) is 22.5. The van der Waals surface area contributed by atoms with Gasteiger partial charge >= 0.3 is 0 Å². The zero-order valence-corrected chi connectivity index (χ0v) is 12.1. The summed E-state index contributed by atoms with van der Waals surface area (Å²) < 4.78 is 5.52. The number of halogens is 1. The minimum Gasteiger partial charge on any atom is -0.378 e. The maximum absolute atomic E-state index is 5.89. The second-order valence-corrected chi connectivity index (χ2v) is 5.02. The number of nitrogens with zero attached hydrogens (tertiary/aromatic N) is 3. The molecule has 0 saturated carbocycles. The van der Waals surface area contributed by atoms with Crippen molar-refractivity contribution in [2.24, 2.45) is 5.92 Å². The second-order valence-electron chi connectivity index (χ2n) is 4.68. The van der Waals surface area contributed by atoms with Gasteiger partial charge in [-0.1, -0.05) is 6.92 Å². The Morgan fingerprint density at radius 1 is 1.26 bits per heavy atom. The summed E-state index contributed by atoms with van der Waals surface area (Å²) in [6.45, 7) is 6.60. The Bertz CT molecular complexity index is 417. The Hall–Kier alpha value is -1.14. The molecule has 2 unspecified atom stereocenters. The fraction of sp³-hybridized carbons (Fsp3) is 0.750. The van der Waals surface area contributed by atoms with Crippen LogP contribution in [0.3, 0.4) is 0 Å². The average molecular weight is 286 g/mol. The van der Waals surface area contributed by atoms with Gasteiger partial charge in [0.05, 0.1) is 6.10 Å². The van der Waals surface area contributed by atoms with E-state index in [1.807, 2.05) is 0 Å². The van der Waals surface area contributed by atoms with Gasteiger partial charge in [-0.05, 0) is 31.4 Å². The highest BCUT2D eigenvalue weighted by Crippen LogP contribution is 2.20. The van der Waals surface area contributed by atoms with E-state index in [-0.39, 0.29) is 11.4 Å². The van der Waals surface area contributed by atoms with Crippen LogP contribution in [0.5, 0.6) is 0 Å². The van der Waals surface area contributed by atoms with Crippen molar-refractivity contribution >= 4 is 23.5 Å². The molecule has 0 bridgehead atoms. The molecule has 1 aliphatic rings. The van der Waals surface area contributed by atoms with Crippen molar-refractivity contribution in [1.29, 1.82) is 0 Å². The number of anilines is 2.